The average molecular weight is 433 g/mol. The van der Waals surface area contributed by atoms with Crippen LogP contribution in [0.1, 0.15) is 16.7 Å². The molecule has 0 bridgehead atoms. The first-order valence-electron chi connectivity index (χ1n) is 10.2. The Morgan fingerprint density at radius 1 is 0.903 bits per heavy atom. The van der Waals surface area contributed by atoms with E-state index >= 15 is 0 Å². The number of hydrogen-bond acceptors (Lipinski definition) is 3. The monoisotopic (exact) mass is 432 g/mol. The molecule has 1 amide bonds. The third kappa shape index (κ3) is 5.10. The number of hydrogen-bond donors (Lipinski definition) is 0. The lowest BCUT2D eigenvalue weighted by atomic mass is 10.2. The molecule has 31 heavy (non-hydrogen) atoms. The zero-order chi connectivity index (χ0) is 21.7. The van der Waals surface area contributed by atoms with Crippen LogP contribution in [0.3, 0.4) is 0 Å². The summed E-state index contributed by atoms with van der Waals surface area (Å²) in [6.45, 7) is 0.478. The molecule has 0 atom stereocenters. The number of para-hydroxylation sites is 1. The average Bonchev–Trinajstić information content (AvgIpc) is 3.23. The topological polar surface area (TPSA) is 57.7 Å². The van der Waals surface area contributed by atoms with Gasteiger partial charge in [-0.2, -0.15) is 4.31 Å². The minimum absolute atomic E-state index is 0.129. The van der Waals surface area contributed by atoms with E-state index in [-0.39, 0.29) is 19.0 Å². The maximum atomic E-state index is 13.2. The largest absolute Gasteiger partial charge is 0.311 e. The van der Waals surface area contributed by atoms with E-state index in [0.717, 1.165) is 28.8 Å². The van der Waals surface area contributed by atoms with Crippen LogP contribution in [-0.4, -0.2) is 31.7 Å². The number of nitrogens with zero attached hydrogens (tertiary/aromatic N) is 2. The molecule has 0 saturated heterocycles. The fourth-order valence-electron chi connectivity index (χ4n) is 3.67. The minimum atomic E-state index is -3.82. The summed E-state index contributed by atoms with van der Waals surface area (Å²) >= 11 is 0. The van der Waals surface area contributed by atoms with E-state index in [9.17, 15) is 13.2 Å². The van der Waals surface area contributed by atoms with Gasteiger partial charge in [0, 0.05) is 24.2 Å². The second-order valence-electron chi connectivity index (χ2n) is 7.44. The molecule has 1 heterocycles. The molecule has 0 N–H and O–H groups in total. The van der Waals surface area contributed by atoms with E-state index < -0.39 is 10.0 Å². The lowest BCUT2D eigenvalue weighted by Gasteiger charge is -2.24. The number of rotatable bonds is 7. The highest BCUT2D eigenvalue weighted by Gasteiger charge is 2.29. The fourth-order valence-corrected chi connectivity index (χ4v) is 4.79. The van der Waals surface area contributed by atoms with E-state index in [1.807, 2.05) is 84.9 Å². The van der Waals surface area contributed by atoms with Crippen LogP contribution >= 0.6 is 0 Å². The Bertz CT molecular complexity index is 1180. The van der Waals surface area contributed by atoms with Crippen molar-refractivity contribution in [2.75, 3.05) is 18.0 Å². The van der Waals surface area contributed by atoms with Gasteiger partial charge in [0.25, 0.3) is 0 Å². The van der Waals surface area contributed by atoms with Crippen LogP contribution < -0.4 is 4.90 Å². The Labute approximate surface area is 183 Å². The van der Waals surface area contributed by atoms with Crippen molar-refractivity contribution in [2.45, 2.75) is 13.0 Å². The number of fused-ring (bicyclic) bond motifs is 1. The Hall–Kier alpha value is -3.22. The summed E-state index contributed by atoms with van der Waals surface area (Å²) < 4.78 is 27.6. The summed E-state index contributed by atoms with van der Waals surface area (Å²) in [5.41, 5.74) is 3.58. The van der Waals surface area contributed by atoms with Crippen LogP contribution in [0.2, 0.25) is 0 Å². The molecule has 0 aliphatic carbocycles. The molecule has 1 aliphatic heterocycles. The summed E-state index contributed by atoms with van der Waals surface area (Å²) in [5.74, 6) is -0.224. The van der Waals surface area contributed by atoms with Gasteiger partial charge in [0.15, 0.2) is 0 Å². The van der Waals surface area contributed by atoms with E-state index in [0.29, 0.717) is 6.54 Å². The maximum absolute atomic E-state index is 13.2. The van der Waals surface area contributed by atoms with Gasteiger partial charge in [0.05, 0.1) is 6.54 Å². The third-order valence-electron chi connectivity index (χ3n) is 5.29. The molecule has 0 unspecified atom stereocenters. The Balaban J connectivity index is 1.58. The lowest BCUT2D eigenvalue weighted by Crippen LogP contribution is -2.41. The molecule has 4 rings (SSSR count). The van der Waals surface area contributed by atoms with Crippen molar-refractivity contribution < 1.29 is 13.2 Å². The van der Waals surface area contributed by atoms with Crippen LogP contribution in [0.25, 0.3) is 6.08 Å². The van der Waals surface area contributed by atoms with E-state index in [1.165, 1.54) is 9.71 Å². The van der Waals surface area contributed by atoms with Gasteiger partial charge in [-0.05, 0) is 35.3 Å². The van der Waals surface area contributed by atoms with Crippen LogP contribution in [0.5, 0.6) is 0 Å². The van der Waals surface area contributed by atoms with Crippen LogP contribution in [0, 0.1) is 0 Å². The van der Waals surface area contributed by atoms with Crippen LogP contribution in [-0.2, 0) is 27.8 Å². The zero-order valence-electron chi connectivity index (χ0n) is 17.1. The Kier molecular flexibility index (Phi) is 6.30. The highest BCUT2D eigenvalue weighted by molar-refractivity contribution is 7.92. The molecule has 0 spiro atoms. The summed E-state index contributed by atoms with van der Waals surface area (Å²) in [4.78, 5) is 14.8. The lowest BCUT2D eigenvalue weighted by molar-refractivity contribution is -0.118. The summed E-state index contributed by atoms with van der Waals surface area (Å²) in [5, 5.41) is 1.18. The highest BCUT2D eigenvalue weighted by atomic mass is 32.2. The van der Waals surface area contributed by atoms with Crippen molar-refractivity contribution in [3.63, 3.8) is 0 Å². The van der Waals surface area contributed by atoms with E-state index in [2.05, 4.69) is 0 Å². The molecule has 6 heteroatoms. The van der Waals surface area contributed by atoms with Crippen molar-refractivity contribution in [3.05, 3.63) is 107 Å². The first-order valence-corrected chi connectivity index (χ1v) is 11.7. The minimum Gasteiger partial charge on any atom is -0.311 e. The molecule has 3 aromatic carbocycles. The van der Waals surface area contributed by atoms with E-state index in [4.69, 9.17) is 0 Å². The first-order chi connectivity index (χ1) is 15.0. The van der Waals surface area contributed by atoms with Crippen molar-refractivity contribution in [2.24, 2.45) is 0 Å². The molecule has 3 aromatic rings. The molecular weight excluding hydrogens is 408 g/mol. The summed E-state index contributed by atoms with van der Waals surface area (Å²) in [6.07, 6.45) is 2.34. The van der Waals surface area contributed by atoms with Gasteiger partial charge in [0.2, 0.25) is 15.9 Å². The molecule has 0 saturated carbocycles. The van der Waals surface area contributed by atoms with Gasteiger partial charge in [-0.15, -0.1) is 0 Å². The predicted octanol–water partition coefficient (Wildman–Crippen LogP) is 4.08. The van der Waals surface area contributed by atoms with Gasteiger partial charge in [0.1, 0.15) is 0 Å². The van der Waals surface area contributed by atoms with Gasteiger partial charge < -0.3 is 4.90 Å². The van der Waals surface area contributed by atoms with Gasteiger partial charge >= 0.3 is 0 Å². The molecule has 0 aromatic heterocycles. The Morgan fingerprint density at radius 2 is 1.55 bits per heavy atom. The molecule has 158 valence electrons. The predicted molar refractivity (Wildman–Crippen MR) is 124 cm³/mol. The quantitative estimate of drug-likeness (QED) is 0.565. The number of sulfonamides is 1. The molecule has 0 radical (unpaired) electrons. The van der Waals surface area contributed by atoms with Crippen LogP contribution in [0.4, 0.5) is 5.69 Å². The number of benzene rings is 3. The second-order valence-corrected chi connectivity index (χ2v) is 9.25. The van der Waals surface area contributed by atoms with Crippen molar-refractivity contribution in [1.29, 1.82) is 0 Å². The number of carbonyl (C=O) groups is 1. The third-order valence-corrected chi connectivity index (χ3v) is 6.75. The van der Waals surface area contributed by atoms with Gasteiger partial charge in [-0.3, -0.25) is 4.79 Å². The van der Waals surface area contributed by atoms with E-state index in [1.54, 1.807) is 11.0 Å². The number of carbonyl (C=O) groups excluding carboxylic acids is 1. The van der Waals surface area contributed by atoms with Crippen LogP contribution in [0.15, 0.2) is 90.3 Å². The maximum Gasteiger partial charge on any atom is 0.242 e. The second kappa shape index (κ2) is 9.29. The Morgan fingerprint density at radius 3 is 2.29 bits per heavy atom. The van der Waals surface area contributed by atoms with Crippen molar-refractivity contribution in [1.82, 2.24) is 4.31 Å². The van der Waals surface area contributed by atoms with Gasteiger partial charge in [-0.25, -0.2) is 8.42 Å². The zero-order valence-corrected chi connectivity index (χ0v) is 17.9. The molecule has 1 aliphatic rings. The standard InChI is InChI=1S/C25H24N2O3S/c28-25(27-17-15-23-13-7-8-14-24(23)27)20-26(19-22-11-5-2-6-12-22)31(29,30)18-16-21-9-3-1-4-10-21/h1-14,16,18H,15,17,19-20H2/b18-16+. The SMILES string of the molecule is O=C(CN(Cc1ccccc1)S(=O)(=O)/C=C/c1ccccc1)N1CCc2ccccc21. The highest BCUT2D eigenvalue weighted by Crippen LogP contribution is 2.28. The summed E-state index contributed by atoms with van der Waals surface area (Å²) in [6, 6.07) is 26.3. The number of anilines is 1. The van der Waals surface area contributed by atoms with Crippen molar-refractivity contribution >= 4 is 27.7 Å². The normalized spacial score (nSPS) is 13.6. The number of amides is 1. The first kappa shape index (κ1) is 21.0. The molecular formula is C25H24N2O3S. The van der Waals surface area contributed by atoms with Crippen molar-refractivity contribution in [3.8, 4) is 0 Å². The fraction of sp³-hybridized carbons (Fsp3) is 0.160. The molecule has 0 fully saturated rings. The smallest absolute Gasteiger partial charge is 0.242 e. The van der Waals surface area contributed by atoms with Gasteiger partial charge in [-0.1, -0.05) is 78.9 Å². The summed E-state index contributed by atoms with van der Waals surface area (Å²) in [7, 11) is -3.82. The molecule has 5 nitrogen and oxygen atoms in total.